The highest BCUT2D eigenvalue weighted by Gasteiger charge is 2.16. The van der Waals surface area contributed by atoms with Gasteiger partial charge in [-0.15, -0.1) is 0 Å². The van der Waals surface area contributed by atoms with E-state index in [4.69, 9.17) is 0 Å². The summed E-state index contributed by atoms with van der Waals surface area (Å²) in [6.45, 7) is 6.38. The molecule has 1 aliphatic carbocycles. The van der Waals surface area contributed by atoms with Crippen LogP contribution in [0.5, 0.6) is 0 Å². The van der Waals surface area contributed by atoms with E-state index in [1.54, 1.807) is 0 Å². The lowest BCUT2D eigenvalue weighted by Gasteiger charge is -2.24. The summed E-state index contributed by atoms with van der Waals surface area (Å²) in [5.41, 5.74) is 1.38. The van der Waals surface area contributed by atoms with E-state index in [-0.39, 0.29) is 0 Å². The van der Waals surface area contributed by atoms with Gasteiger partial charge < -0.3 is 5.32 Å². The van der Waals surface area contributed by atoms with Crippen molar-refractivity contribution >= 4 is 0 Å². The molecule has 1 atom stereocenters. The van der Waals surface area contributed by atoms with E-state index in [1.165, 1.54) is 50.5 Å². The number of rotatable bonds is 8. The Kier molecular flexibility index (Phi) is 6.58. The van der Waals surface area contributed by atoms with Crippen molar-refractivity contribution in [2.24, 2.45) is 5.92 Å². The Balaban J connectivity index is 1.79. The Morgan fingerprint density at radius 3 is 2.75 bits per heavy atom. The summed E-state index contributed by atoms with van der Waals surface area (Å²) in [7, 11) is 0. The van der Waals surface area contributed by atoms with Gasteiger partial charge in [-0.3, -0.25) is 4.68 Å². The van der Waals surface area contributed by atoms with Crippen molar-refractivity contribution in [2.75, 3.05) is 6.54 Å². The zero-order chi connectivity index (χ0) is 14.2. The first-order chi connectivity index (χ1) is 9.81. The normalized spacial score (nSPS) is 18.3. The molecule has 1 aromatic heterocycles. The molecule has 20 heavy (non-hydrogen) atoms. The molecule has 114 valence electrons. The molecule has 0 amide bonds. The van der Waals surface area contributed by atoms with E-state index < -0.39 is 0 Å². The molecule has 0 aromatic carbocycles. The van der Waals surface area contributed by atoms with Crippen LogP contribution >= 0.6 is 0 Å². The van der Waals surface area contributed by atoms with Crippen LogP contribution in [0.15, 0.2) is 12.4 Å². The number of hydrogen-bond acceptors (Lipinski definition) is 2. The summed E-state index contributed by atoms with van der Waals surface area (Å²) in [4.78, 5) is 0. The second-order valence-electron chi connectivity index (χ2n) is 6.24. The molecule has 2 rings (SSSR count). The van der Waals surface area contributed by atoms with Crippen LogP contribution in [0.25, 0.3) is 0 Å². The molecule has 3 nitrogen and oxygen atoms in total. The highest BCUT2D eigenvalue weighted by molar-refractivity contribution is 5.06. The monoisotopic (exact) mass is 277 g/mol. The lowest BCUT2D eigenvalue weighted by atomic mass is 9.84. The summed E-state index contributed by atoms with van der Waals surface area (Å²) in [5.74, 6) is 0.989. The summed E-state index contributed by atoms with van der Waals surface area (Å²) in [6.07, 6.45) is 15.4. The third-order valence-corrected chi connectivity index (χ3v) is 4.63. The highest BCUT2D eigenvalue weighted by atomic mass is 15.3. The number of nitrogens with one attached hydrogen (secondary N) is 1. The van der Waals surface area contributed by atoms with Crippen molar-refractivity contribution < 1.29 is 0 Å². The van der Waals surface area contributed by atoms with Crippen LogP contribution in [-0.4, -0.2) is 22.4 Å². The number of likely N-dealkylation sites (N-methyl/N-ethyl adjacent to an activating group) is 1. The second kappa shape index (κ2) is 8.46. The minimum absolute atomic E-state index is 0.622. The minimum atomic E-state index is 0.622. The number of aromatic nitrogens is 2. The maximum Gasteiger partial charge on any atom is 0.0522 e. The van der Waals surface area contributed by atoms with Crippen LogP contribution in [-0.2, 0) is 13.0 Å². The Morgan fingerprint density at radius 1 is 1.30 bits per heavy atom. The Hall–Kier alpha value is -0.830. The molecule has 1 heterocycles. The smallest absolute Gasteiger partial charge is 0.0522 e. The standard InChI is InChI=1S/C17H31N3/c1-3-18-17(11-10-15-8-6-5-7-9-15)12-16-13-19-20(4-2)14-16/h13-15,17-18H,3-12H2,1-2H3. The average Bonchev–Trinajstić information content (AvgIpc) is 2.94. The zero-order valence-electron chi connectivity index (χ0n) is 13.3. The molecule has 0 bridgehead atoms. The molecular formula is C17H31N3. The molecular weight excluding hydrogens is 246 g/mol. The largest absolute Gasteiger partial charge is 0.314 e. The highest BCUT2D eigenvalue weighted by Crippen LogP contribution is 2.28. The van der Waals surface area contributed by atoms with Crippen molar-refractivity contribution in [3.63, 3.8) is 0 Å². The number of nitrogens with zero attached hydrogens (tertiary/aromatic N) is 2. The van der Waals surface area contributed by atoms with Crippen molar-refractivity contribution in [1.29, 1.82) is 0 Å². The predicted octanol–water partition coefficient (Wildman–Crippen LogP) is 3.78. The van der Waals surface area contributed by atoms with E-state index in [0.717, 1.165) is 25.4 Å². The molecule has 0 spiro atoms. The summed E-state index contributed by atoms with van der Waals surface area (Å²) >= 11 is 0. The van der Waals surface area contributed by atoms with Crippen LogP contribution < -0.4 is 5.32 Å². The molecule has 0 radical (unpaired) electrons. The van der Waals surface area contributed by atoms with E-state index >= 15 is 0 Å². The van der Waals surface area contributed by atoms with Crippen LogP contribution in [0.2, 0.25) is 0 Å². The fourth-order valence-corrected chi connectivity index (χ4v) is 3.45. The van der Waals surface area contributed by atoms with Gasteiger partial charge in [0.05, 0.1) is 6.20 Å². The molecule has 1 N–H and O–H groups in total. The van der Waals surface area contributed by atoms with E-state index in [9.17, 15) is 0 Å². The van der Waals surface area contributed by atoms with Gasteiger partial charge in [-0.2, -0.15) is 5.10 Å². The first-order valence-corrected chi connectivity index (χ1v) is 8.56. The molecule has 1 aliphatic rings. The third-order valence-electron chi connectivity index (χ3n) is 4.63. The van der Waals surface area contributed by atoms with Crippen LogP contribution in [0, 0.1) is 5.92 Å². The molecule has 0 saturated heterocycles. The van der Waals surface area contributed by atoms with Crippen LogP contribution in [0.1, 0.15) is 64.4 Å². The number of hydrogen-bond donors (Lipinski definition) is 1. The van der Waals surface area contributed by atoms with Gasteiger partial charge in [0, 0.05) is 18.8 Å². The fraction of sp³-hybridized carbons (Fsp3) is 0.824. The first-order valence-electron chi connectivity index (χ1n) is 8.56. The second-order valence-corrected chi connectivity index (χ2v) is 6.24. The summed E-state index contributed by atoms with van der Waals surface area (Å²) < 4.78 is 2.03. The van der Waals surface area contributed by atoms with Gasteiger partial charge in [0.2, 0.25) is 0 Å². The van der Waals surface area contributed by atoms with E-state index in [1.807, 2.05) is 10.9 Å². The Morgan fingerprint density at radius 2 is 2.10 bits per heavy atom. The molecule has 3 heteroatoms. The lowest BCUT2D eigenvalue weighted by Crippen LogP contribution is -2.31. The van der Waals surface area contributed by atoms with Gasteiger partial charge in [-0.25, -0.2) is 0 Å². The van der Waals surface area contributed by atoms with Crippen molar-refractivity contribution in [3.8, 4) is 0 Å². The Labute approximate surface area is 124 Å². The lowest BCUT2D eigenvalue weighted by molar-refractivity contribution is 0.313. The molecule has 1 aromatic rings. The number of aryl methyl sites for hydroxylation is 1. The van der Waals surface area contributed by atoms with Gasteiger partial charge in [-0.1, -0.05) is 39.0 Å². The van der Waals surface area contributed by atoms with Gasteiger partial charge in [0.15, 0.2) is 0 Å². The SMILES string of the molecule is CCNC(CCC1CCCCC1)Cc1cnn(CC)c1. The van der Waals surface area contributed by atoms with Crippen molar-refractivity contribution in [2.45, 2.75) is 77.8 Å². The molecule has 0 aliphatic heterocycles. The fourth-order valence-electron chi connectivity index (χ4n) is 3.45. The van der Waals surface area contributed by atoms with Gasteiger partial charge in [0.1, 0.15) is 0 Å². The van der Waals surface area contributed by atoms with Crippen LogP contribution in [0.3, 0.4) is 0 Å². The molecule has 1 fully saturated rings. The Bertz CT molecular complexity index is 366. The van der Waals surface area contributed by atoms with Crippen LogP contribution in [0.4, 0.5) is 0 Å². The molecule has 1 saturated carbocycles. The van der Waals surface area contributed by atoms with E-state index in [0.29, 0.717) is 6.04 Å². The van der Waals surface area contributed by atoms with E-state index in [2.05, 4.69) is 30.5 Å². The van der Waals surface area contributed by atoms with Crippen molar-refractivity contribution in [1.82, 2.24) is 15.1 Å². The predicted molar refractivity (Wildman–Crippen MR) is 84.9 cm³/mol. The maximum absolute atomic E-state index is 4.39. The summed E-state index contributed by atoms with van der Waals surface area (Å²) in [5, 5.41) is 8.05. The quantitative estimate of drug-likeness (QED) is 0.783. The summed E-state index contributed by atoms with van der Waals surface area (Å²) in [6, 6.07) is 0.622. The average molecular weight is 277 g/mol. The minimum Gasteiger partial charge on any atom is -0.314 e. The molecule has 1 unspecified atom stereocenters. The van der Waals surface area contributed by atoms with Gasteiger partial charge >= 0.3 is 0 Å². The third kappa shape index (κ3) is 4.93. The first kappa shape index (κ1) is 15.6. The van der Waals surface area contributed by atoms with Crippen molar-refractivity contribution in [3.05, 3.63) is 18.0 Å². The topological polar surface area (TPSA) is 29.9 Å². The maximum atomic E-state index is 4.39. The van der Waals surface area contributed by atoms with Gasteiger partial charge in [-0.05, 0) is 44.2 Å². The van der Waals surface area contributed by atoms with Gasteiger partial charge in [0.25, 0.3) is 0 Å². The zero-order valence-corrected chi connectivity index (χ0v) is 13.3.